The van der Waals surface area contributed by atoms with Crippen molar-refractivity contribution < 1.29 is 19.1 Å². The number of amides is 2. The number of nitrogens with one attached hydrogen (secondary N) is 1. The van der Waals surface area contributed by atoms with E-state index in [1.165, 1.54) is 0 Å². The molecular weight excluding hydrogens is 480 g/mol. The van der Waals surface area contributed by atoms with Crippen LogP contribution in [-0.2, 0) is 14.3 Å². The zero-order valence-corrected chi connectivity index (χ0v) is 21.3. The van der Waals surface area contributed by atoms with Crippen molar-refractivity contribution in [2.24, 2.45) is 5.92 Å². The summed E-state index contributed by atoms with van der Waals surface area (Å²) in [6, 6.07) is 14.8. The minimum absolute atomic E-state index is 0.0139. The van der Waals surface area contributed by atoms with Crippen LogP contribution in [-0.4, -0.2) is 60.2 Å². The summed E-state index contributed by atoms with van der Waals surface area (Å²) in [5, 5.41) is 3.54. The molecule has 0 unspecified atom stereocenters. The number of carbonyl (C=O) groups is 2. The van der Waals surface area contributed by atoms with Crippen molar-refractivity contribution in [3.05, 3.63) is 59.8 Å². The second kappa shape index (κ2) is 12.1. The van der Waals surface area contributed by atoms with Crippen LogP contribution in [0, 0.1) is 5.92 Å². The summed E-state index contributed by atoms with van der Waals surface area (Å²) >= 11 is 6.05. The molecule has 0 radical (unpaired) electrons. The fraction of sp³-hybridized carbons (Fsp3) is 0.370. The Bertz CT molecular complexity index is 1170. The molecule has 9 heteroatoms. The molecule has 0 saturated heterocycles. The van der Waals surface area contributed by atoms with Gasteiger partial charge in [0.15, 0.2) is 0 Å². The summed E-state index contributed by atoms with van der Waals surface area (Å²) in [6.07, 6.45) is 5.69. The Balaban J connectivity index is 1.58. The second-order valence-electron chi connectivity index (χ2n) is 8.81. The van der Waals surface area contributed by atoms with E-state index in [9.17, 15) is 9.59 Å². The van der Waals surface area contributed by atoms with E-state index >= 15 is 0 Å². The molecule has 1 heterocycles. The largest absolute Gasteiger partial charge is 0.497 e. The average molecular weight is 511 g/mol. The summed E-state index contributed by atoms with van der Waals surface area (Å²) in [4.78, 5) is 32.5. The Morgan fingerprint density at radius 2 is 1.78 bits per heavy atom. The molecule has 0 bridgehead atoms. The minimum Gasteiger partial charge on any atom is -0.497 e. The van der Waals surface area contributed by atoms with Gasteiger partial charge in [-0.05, 0) is 49.2 Å². The fourth-order valence-corrected chi connectivity index (χ4v) is 4.53. The molecule has 190 valence electrons. The van der Waals surface area contributed by atoms with Crippen LogP contribution in [0.2, 0.25) is 5.02 Å². The molecule has 0 aliphatic heterocycles. The Hall–Kier alpha value is -3.36. The third-order valence-corrected chi connectivity index (χ3v) is 6.62. The highest BCUT2D eigenvalue weighted by molar-refractivity contribution is 6.30. The van der Waals surface area contributed by atoms with Gasteiger partial charge < -0.3 is 14.4 Å². The van der Waals surface area contributed by atoms with Gasteiger partial charge in [-0.1, -0.05) is 36.6 Å². The number of ether oxygens (including phenoxy) is 2. The lowest BCUT2D eigenvalue weighted by molar-refractivity contribution is -0.138. The Morgan fingerprint density at radius 1 is 1.08 bits per heavy atom. The lowest BCUT2D eigenvalue weighted by atomic mass is 10.1. The third-order valence-electron chi connectivity index (χ3n) is 6.36. The molecule has 1 aliphatic carbocycles. The summed E-state index contributed by atoms with van der Waals surface area (Å²) in [5.41, 5.74) is 2.34. The Labute approximate surface area is 216 Å². The maximum atomic E-state index is 13.1. The van der Waals surface area contributed by atoms with E-state index in [-0.39, 0.29) is 24.3 Å². The van der Waals surface area contributed by atoms with Crippen molar-refractivity contribution in [1.82, 2.24) is 14.5 Å². The molecule has 2 aromatic carbocycles. The first-order valence-corrected chi connectivity index (χ1v) is 12.4. The molecule has 2 amide bonds. The van der Waals surface area contributed by atoms with E-state index in [4.69, 9.17) is 21.1 Å². The van der Waals surface area contributed by atoms with Crippen LogP contribution in [0.5, 0.6) is 5.75 Å². The number of hydrogen-bond donors (Lipinski definition) is 1. The van der Waals surface area contributed by atoms with Crippen LogP contribution in [0.25, 0.3) is 16.9 Å². The van der Waals surface area contributed by atoms with Crippen molar-refractivity contribution in [2.75, 3.05) is 39.2 Å². The molecule has 1 aliphatic rings. The maximum Gasteiger partial charge on any atom is 0.246 e. The summed E-state index contributed by atoms with van der Waals surface area (Å²) in [5.74, 6) is 0.754. The first-order chi connectivity index (χ1) is 17.5. The lowest BCUT2D eigenvalue weighted by Crippen LogP contribution is -2.42. The highest BCUT2D eigenvalue weighted by Crippen LogP contribution is 2.28. The van der Waals surface area contributed by atoms with Gasteiger partial charge in [0.25, 0.3) is 0 Å². The van der Waals surface area contributed by atoms with E-state index in [0.717, 1.165) is 42.7 Å². The van der Waals surface area contributed by atoms with Crippen molar-refractivity contribution in [2.45, 2.75) is 25.7 Å². The number of carbonyl (C=O) groups excluding carboxylic acids is 2. The molecule has 36 heavy (non-hydrogen) atoms. The number of halogens is 1. The number of rotatable bonds is 10. The quantitative estimate of drug-likeness (QED) is 0.423. The van der Waals surface area contributed by atoms with Crippen molar-refractivity contribution >= 4 is 29.4 Å². The van der Waals surface area contributed by atoms with Crippen molar-refractivity contribution in [1.29, 1.82) is 0 Å². The molecule has 4 rings (SSSR count). The molecule has 1 fully saturated rings. The summed E-state index contributed by atoms with van der Waals surface area (Å²) in [6.45, 7) is 0.666. The zero-order valence-electron chi connectivity index (χ0n) is 20.6. The number of methoxy groups -OCH3 is 2. The minimum atomic E-state index is -0.319. The predicted molar refractivity (Wildman–Crippen MR) is 140 cm³/mol. The number of imidazole rings is 1. The van der Waals surface area contributed by atoms with Crippen LogP contribution in [0.1, 0.15) is 25.7 Å². The van der Waals surface area contributed by atoms with Gasteiger partial charge in [0.1, 0.15) is 12.3 Å². The van der Waals surface area contributed by atoms with Crippen molar-refractivity contribution in [3.8, 4) is 22.7 Å². The summed E-state index contributed by atoms with van der Waals surface area (Å²) < 4.78 is 12.3. The smallest absolute Gasteiger partial charge is 0.246 e. The number of nitrogens with zero attached hydrogens (tertiary/aromatic N) is 3. The molecule has 8 nitrogen and oxygen atoms in total. The van der Waals surface area contributed by atoms with E-state index in [2.05, 4.69) is 10.3 Å². The maximum absolute atomic E-state index is 13.1. The Kier molecular flexibility index (Phi) is 8.61. The number of benzene rings is 2. The molecule has 1 N–H and O–H groups in total. The van der Waals surface area contributed by atoms with Crippen LogP contribution >= 0.6 is 11.6 Å². The molecule has 3 aromatic rings. The standard InChI is InChI=1S/C27H31ClN4O4/c1-35-16-15-31(26(34)20-5-3-4-6-20)18-25(33)30-27-29-24(19-7-9-21(28)10-8-19)17-32(27)22-11-13-23(36-2)14-12-22/h7-14,17,20H,3-6,15-16,18H2,1-2H3,(H,29,30,33). The van der Waals surface area contributed by atoms with Gasteiger partial charge >= 0.3 is 0 Å². The van der Waals surface area contributed by atoms with E-state index < -0.39 is 0 Å². The zero-order chi connectivity index (χ0) is 25.5. The lowest BCUT2D eigenvalue weighted by Gasteiger charge is -2.24. The predicted octanol–water partition coefficient (Wildman–Crippen LogP) is 4.81. The van der Waals surface area contributed by atoms with Crippen LogP contribution in [0.4, 0.5) is 5.95 Å². The molecule has 0 spiro atoms. The van der Waals surface area contributed by atoms with E-state index in [0.29, 0.717) is 29.8 Å². The molecule has 1 saturated carbocycles. The Morgan fingerprint density at radius 3 is 2.42 bits per heavy atom. The average Bonchev–Trinajstić information content (AvgIpc) is 3.57. The first kappa shape index (κ1) is 25.7. The highest BCUT2D eigenvalue weighted by Gasteiger charge is 2.28. The second-order valence-corrected chi connectivity index (χ2v) is 9.24. The SMILES string of the molecule is COCCN(CC(=O)Nc1nc(-c2ccc(Cl)cc2)cn1-c1ccc(OC)cc1)C(=O)C1CCCC1. The van der Waals surface area contributed by atoms with Gasteiger partial charge in [-0.15, -0.1) is 0 Å². The van der Waals surface area contributed by atoms with Crippen molar-refractivity contribution in [3.63, 3.8) is 0 Å². The van der Waals surface area contributed by atoms with Gasteiger partial charge in [0.2, 0.25) is 17.8 Å². The van der Waals surface area contributed by atoms with Crippen LogP contribution < -0.4 is 10.1 Å². The van der Waals surface area contributed by atoms with Crippen LogP contribution in [0.3, 0.4) is 0 Å². The van der Waals surface area contributed by atoms with Gasteiger partial charge in [-0.25, -0.2) is 4.98 Å². The molecule has 0 atom stereocenters. The monoisotopic (exact) mass is 510 g/mol. The number of anilines is 1. The van der Waals surface area contributed by atoms with Gasteiger partial charge in [0.05, 0.1) is 19.4 Å². The van der Waals surface area contributed by atoms with Gasteiger partial charge in [0, 0.05) is 42.0 Å². The molecule has 1 aromatic heterocycles. The first-order valence-electron chi connectivity index (χ1n) is 12.1. The molecular formula is C27H31ClN4O4. The number of hydrogen-bond acceptors (Lipinski definition) is 5. The normalized spacial score (nSPS) is 13.5. The number of aromatic nitrogens is 2. The van der Waals surface area contributed by atoms with Gasteiger partial charge in [-0.2, -0.15) is 0 Å². The van der Waals surface area contributed by atoms with E-state index in [1.807, 2.05) is 42.6 Å². The van der Waals surface area contributed by atoms with Gasteiger partial charge in [-0.3, -0.25) is 19.5 Å². The van der Waals surface area contributed by atoms with Crippen LogP contribution in [0.15, 0.2) is 54.7 Å². The highest BCUT2D eigenvalue weighted by atomic mass is 35.5. The van der Waals surface area contributed by atoms with E-state index in [1.54, 1.807) is 35.8 Å². The summed E-state index contributed by atoms with van der Waals surface area (Å²) in [7, 11) is 3.20. The fourth-order valence-electron chi connectivity index (χ4n) is 4.40. The third kappa shape index (κ3) is 6.25. The topological polar surface area (TPSA) is 85.7 Å².